The molecule has 0 aromatic carbocycles. The molecule has 4 nitrogen and oxygen atoms in total. The van der Waals surface area contributed by atoms with E-state index >= 15 is 0 Å². The average molecular weight is 259 g/mol. The lowest BCUT2D eigenvalue weighted by Crippen LogP contribution is -2.40. The van der Waals surface area contributed by atoms with Crippen LogP contribution in [-0.2, 0) is 9.59 Å². The molecule has 1 atom stereocenters. The van der Waals surface area contributed by atoms with E-state index in [0.717, 1.165) is 25.8 Å². The SMILES string of the molecule is CCC1CCCCCN1C(=O)CSCC(=O)O. The Labute approximate surface area is 107 Å². The number of amides is 1. The Balaban J connectivity index is 2.43. The molecular formula is C12H21NO3S. The molecular weight excluding hydrogens is 238 g/mol. The Kier molecular flexibility index (Phi) is 6.40. The summed E-state index contributed by atoms with van der Waals surface area (Å²) in [5, 5.41) is 8.53. The zero-order valence-electron chi connectivity index (χ0n) is 10.4. The summed E-state index contributed by atoms with van der Waals surface area (Å²) in [5.41, 5.74) is 0. The molecule has 0 spiro atoms. The lowest BCUT2D eigenvalue weighted by atomic mass is 10.1. The highest BCUT2D eigenvalue weighted by atomic mass is 32.2. The molecule has 1 rings (SSSR count). The Morgan fingerprint density at radius 1 is 1.29 bits per heavy atom. The lowest BCUT2D eigenvalue weighted by molar-refractivity contribution is -0.133. The van der Waals surface area contributed by atoms with E-state index in [4.69, 9.17) is 5.11 Å². The van der Waals surface area contributed by atoms with Crippen LogP contribution in [0.2, 0.25) is 0 Å². The van der Waals surface area contributed by atoms with Gasteiger partial charge in [0.05, 0.1) is 11.5 Å². The van der Waals surface area contributed by atoms with Gasteiger partial charge in [0.2, 0.25) is 5.91 Å². The zero-order valence-corrected chi connectivity index (χ0v) is 11.2. The standard InChI is InChI=1S/C12H21NO3S/c1-2-10-6-4-3-5-7-13(10)11(14)8-17-9-12(15)16/h10H,2-9H2,1H3,(H,15,16). The number of likely N-dealkylation sites (tertiary alicyclic amines) is 1. The summed E-state index contributed by atoms with van der Waals surface area (Å²) in [4.78, 5) is 24.4. The summed E-state index contributed by atoms with van der Waals surface area (Å²) in [6.07, 6.45) is 5.56. The Hall–Kier alpha value is -0.710. The van der Waals surface area contributed by atoms with E-state index in [1.165, 1.54) is 24.6 Å². The first kappa shape index (κ1) is 14.4. The average Bonchev–Trinajstić information content (AvgIpc) is 2.52. The van der Waals surface area contributed by atoms with Gasteiger partial charge in [-0.2, -0.15) is 0 Å². The molecule has 1 N–H and O–H groups in total. The van der Waals surface area contributed by atoms with E-state index in [-0.39, 0.29) is 11.7 Å². The third-order valence-electron chi connectivity index (χ3n) is 3.12. The third kappa shape index (κ3) is 4.98. The van der Waals surface area contributed by atoms with Crippen molar-refractivity contribution in [3.63, 3.8) is 0 Å². The van der Waals surface area contributed by atoms with Crippen LogP contribution < -0.4 is 0 Å². The number of carbonyl (C=O) groups is 2. The van der Waals surface area contributed by atoms with Gasteiger partial charge in [-0.25, -0.2) is 0 Å². The highest BCUT2D eigenvalue weighted by Crippen LogP contribution is 2.20. The summed E-state index contributed by atoms with van der Waals surface area (Å²) in [6.45, 7) is 2.95. The predicted octanol–water partition coefficient (Wildman–Crippen LogP) is 1.99. The number of carboxylic acids is 1. The molecule has 1 aliphatic rings. The van der Waals surface area contributed by atoms with Crippen molar-refractivity contribution >= 4 is 23.6 Å². The van der Waals surface area contributed by atoms with Crippen molar-refractivity contribution in [2.24, 2.45) is 0 Å². The van der Waals surface area contributed by atoms with Gasteiger partial charge in [-0.3, -0.25) is 9.59 Å². The van der Waals surface area contributed by atoms with Crippen LogP contribution in [0, 0.1) is 0 Å². The minimum Gasteiger partial charge on any atom is -0.481 e. The molecule has 1 saturated heterocycles. The zero-order chi connectivity index (χ0) is 12.7. The second kappa shape index (κ2) is 7.58. The molecule has 0 aliphatic carbocycles. The number of thioether (sulfide) groups is 1. The molecule has 0 aromatic heterocycles. The summed E-state index contributed by atoms with van der Waals surface area (Å²) >= 11 is 1.19. The van der Waals surface area contributed by atoms with E-state index in [9.17, 15) is 9.59 Å². The van der Waals surface area contributed by atoms with Gasteiger partial charge in [0.25, 0.3) is 0 Å². The lowest BCUT2D eigenvalue weighted by Gasteiger charge is -2.29. The smallest absolute Gasteiger partial charge is 0.313 e. The van der Waals surface area contributed by atoms with Gasteiger partial charge in [0.15, 0.2) is 0 Å². The van der Waals surface area contributed by atoms with Gasteiger partial charge < -0.3 is 10.0 Å². The molecule has 1 unspecified atom stereocenters. The molecule has 17 heavy (non-hydrogen) atoms. The van der Waals surface area contributed by atoms with Crippen molar-refractivity contribution < 1.29 is 14.7 Å². The Morgan fingerprint density at radius 3 is 2.71 bits per heavy atom. The normalized spacial score (nSPS) is 21.0. The van der Waals surface area contributed by atoms with Gasteiger partial charge in [0, 0.05) is 12.6 Å². The maximum absolute atomic E-state index is 12.0. The van der Waals surface area contributed by atoms with Crippen molar-refractivity contribution in [3.05, 3.63) is 0 Å². The maximum Gasteiger partial charge on any atom is 0.313 e. The number of nitrogens with zero attached hydrogens (tertiary/aromatic N) is 1. The Morgan fingerprint density at radius 2 is 2.06 bits per heavy atom. The first-order chi connectivity index (χ1) is 8.15. The van der Waals surface area contributed by atoms with Crippen molar-refractivity contribution in [2.45, 2.75) is 45.1 Å². The van der Waals surface area contributed by atoms with Crippen LogP contribution in [0.5, 0.6) is 0 Å². The van der Waals surface area contributed by atoms with Gasteiger partial charge in [0.1, 0.15) is 0 Å². The fraction of sp³-hybridized carbons (Fsp3) is 0.833. The summed E-state index contributed by atoms with van der Waals surface area (Å²) in [7, 11) is 0. The fourth-order valence-electron chi connectivity index (χ4n) is 2.24. The van der Waals surface area contributed by atoms with Gasteiger partial charge in [-0.05, 0) is 19.3 Å². The molecule has 0 bridgehead atoms. The minimum absolute atomic E-state index is 0.0103. The van der Waals surface area contributed by atoms with Crippen LogP contribution in [0.1, 0.15) is 39.0 Å². The van der Waals surface area contributed by atoms with Crippen LogP contribution in [0.4, 0.5) is 0 Å². The fourth-order valence-corrected chi connectivity index (χ4v) is 2.86. The number of rotatable bonds is 5. The monoisotopic (exact) mass is 259 g/mol. The van der Waals surface area contributed by atoms with E-state index in [1.54, 1.807) is 0 Å². The first-order valence-electron chi connectivity index (χ1n) is 6.24. The second-order valence-corrected chi connectivity index (χ2v) is 5.37. The second-order valence-electron chi connectivity index (χ2n) is 4.39. The van der Waals surface area contributed by atoms with Gasteiger partial charge in [-0.15, -0.1) is 11.8 Å². The summed E-state index contributed by atoms with van der Waals surface area (Å²) in [5.74, 6) is -0.449. The molecule has 0 radical (unpaired) electrons. The van der Waals surface area contributed by atoms with E-state index in [1.807, 2.05) is 4.90 Å². The van der Waals surface area contributed by atoms with E-state index < -0.39 is 5.97 Å². The third-order valence-corrected chi connectivity index (χ3v) is 4.02. The van der Waals surface area contributed by atoms with Crippen LogP contribution in [0.3, 0.4) is 0 Å². The number of carbonyl (C=O) groups excluding carboxylic acids is 1. The molecule has 1 heterocycles. The molecule has 98 valence electrons. The molecule has 0 saturated carbocycles. The molecule has 1 aliphatic heterocycles. The van der Waals surface area contributed by atoms with Crippen LogP contribution >= 0.6 is 11.8 Å². The molecule has 1 fully saturated rings. The van der Waals surface area contributed by atoms with Crippen molar-refractivity contribution in [3.8, 4) is 0 Å². The van der Waals surface area contributed by atoms with Crippen molar-refractivity contribution in [1.29, 1.82) is 0 Å². The largest absolute Gasteiger partial charge is 0.481 e. The quantitative estimate of drug-likeness (QED) is 0.820. The number of hydrogen-bond acceptors (Lipinski definition) is 3. The molecule has 5 heteroatoms. The van der Waals surface area contributed by atoms with Crippen LogP contribution in [0.15, 0.2) is 0 Å². The molecule has 1 amide bonds. The van der Waals surface area contributed by atoms with Crippen molar-refractivity contribution in [2.75, 3.05) is 18.1 Å². The van der Waals surface area contributed by atoms with E-state index in [2.05, 4.69) is 6.92 Å². The van der Waals surface area contributed by atoms with Gasteiger partial charge in [-0.1, -0.05) is 19.8 Å². The van der Waals surface area contributed by atoms with Gasteiger partial charge >= 0.3 is 5.97 Å². The predicted molar refractivity (Wildman–Crippen MR) is 69.2 cm³/mol. The first-order valence-corrected chi connectivity index (χ1v) is 7.39. The molecule has 0 aromatic rings. The maximum atomic E-state index is 12.0. The van der Waals surface area contributed by atoms with Crippen molar-refractivity contribution in [1.82, 2.24) is 4.90 Å². The van der Waals surface area contributed by atoms with E-state index in [0.29, 0.717) is 11.8 Å². The number of hydrogen-bond donors (Lipinski definition) is 1. The minimum atomic E-state index is -0.856. The highest BCUT2D eigenvalue weighted by molar-refractivity contribution is 8.00. The topological polar surface area (TPSA) is 57.6 Å². The highest BCUT2D eigenvalue weighted by Gasteiger charge is 2.23. The number of carboxylic acid groups (broad SMARTS) is 1. The summed E-state index contributed by atoms with van der Waals surface area (Å²) in [6, 6.07) is 0.357. The van der Waals surface area contributed by atoms with Crippen LogP contribution in [-0.4, -0.2) is 46.0 Å². The Bertz CT molecular complexity index is 270. The summed E-state index contributed by atoms with van der Waals surface area (Å²) < 4.78 is 0. The van der Waals surface area contributed by atoms with Crippen LogP contribution in [0.25, 0.3) is 0 Å². The number of aliphatic carboxylic acids is 1.